The van der Waals surface area contributed by atoms with Gasteiger partial charge < -0.3 is 10.5 Å². The van der Waals surface area contributed by atoms with Crippen LogP contribution in [0.3, 0.4) is 0 Å². The molecule has 0 aliphatic heterocycles. The van der Waals surface area contributed by atoms with Gasteiger partial charge in [0.15, 0.2) is 0 Å². The van der Waals surface area contributed by atoms with Gasteiger partial charge in [-0.1, -0.05) is 24.6 Å². The molecule has 2 rings (SSSR count). The molecular weight excluding hydrogens is 222 g/mol. The maximum Gasteiger partial charge on any atom is 0.122 e. The fourth-order valence-electron chi connectivity index (χ4n) is 2.60. The minimum Gasteiger partial charge on any atom is -0.490 e. The summed E-state index contributed by atoms with van der Waals surface area (Å²) in [6.07, 6.45) is 7.36. The molecule has 0 amide bonds. The Balaban J connectivity index is 2.11. The first-order valence-electron chi connectivity index (χ1n) is 7.20. The van der Waals surface area contributed by atoms with Crippen molar-refractivity contribution in [3.05, 3.63) is 29.3 Å². The largest absolute Gasteiger partial charge is 0.490 e. The van der Waals surface area contributed by atoms with E-state index in [1.807, 2.05) is 0 Å². The van der Waals surface area contributed by atoms with Crippen LogP contribution in [0.25, 0.3) is 0 Å². The second-order valence-electron chi connectivity index (χ2n) is 5.51. The van der Waals surface area contributed by atoms with Gasteiger partial charge in [0.25, 0.3) is 0 Å². The van der Waals surface area contributed by atoms with Gasteiger partial charge in [-0.2, -0.15) is 0 Å². The van der Waals surface area contributed by atoms with Crippen LogP contribution in [0.15, 0.2) is 18.2 Å². The number of hydrogen-bond donors (Lipinski definition) is 1. The average Bonchev–Trinajstić information content (AvgIpc) is 2.85. The van der Waals surface area contributed by atoms with Crippen LogP contribution in [0.2, 0.25) is 0 Å². The van der Waals surface area contributed by atoms with Crippen molar-refractivity contribution < 1.29 is 4.74 Å². The van der Waals surface area contributed by atoms with Crippen molar-refractivity contribution in [3.63, 3.8) is 0 Å². The van der Waals surface area contributed by atoms with Gasteiger partial charge in [-0.05, 0) is 57.1 Å². The third-order valence-corrected chi connectivity index (χ3v) is 3.82. The summed E-state index contributed by atoms with van der Waals surface area (Å²) < 4.78 is 6.15. The van der Waals surface area contributed by atoms with Crippen molar-refractivity contribution in [1.29, 1.82) is 0 Å². The summed E-state index contributed by atoms with van der Waals surface area (Å²) in [6.45, 7) is 4.26. The molecule has 1 aliphatic rings. The quantitative estimate of drug-likeness (QED) is 0.863. The molecule has 2 nitrogen and oxygen atoms in total. The monoisotopic (exact) mass is 247 g/mol. The second kappa shape index (κ2) is 6.24. The number of nitrogens with two attached hydrogens (primary N) is 1. The van der Waals surface area contributed by atoms with E-state index in [-0.39, 0.29) is 6.04 Å². The van der Waals surface area contributed by atoms with Crippen LogP contribution in [0.1, 0.15) is 50.2 Å². The van der Waals surface area contributed by atoms with Crippen LogP contribution in [-0.2, 0) is 6.42 Å². The molecule has 1 atom stereocenters. The molecule has 0 heterocycles. The number of benzene rings is 1. The summed E-state index contributed by atoms with van der Waals surface area (Å²) in [5, 5.41) is 0. The first-order valence-corrected chi connectivity index (χ1v) is 7.20. The first kappa shape index (κ1) is 13.4. The molecule has 1 saturated carbocycles. The highest BCUT2D eigenvalue weighted by molar-refractivity contribution is 5.37. The van der Waals surface area contributed by atoms with Crippen molar-refractivity contribution >= 4 is 0 Å². The molecule has 100 valence electrons. The molecule has 18 heavy (non-hydrogen) atoms. The Kier molecular flexibility index (Phi) is 4.65. The van der Waals surface area contributed by atoms with Crippen LogP contribution in [0.4, 0.5) is 0 Å². The Morgan fingerprint density at radius 2 is 2.06 bits per heavy atom. The lowest BCUT2D eigenvalue weighted by atomic mass is 10.0. The van der Waals surface area contributed by atoms with Crippen LogP contribution >= 0.6 is 0 Å². The standard InChI is InChI=1S/C16H25NO/c1-3-14(17)11-13-10-12(2)8-9-16(13)18-15-6-4-5-7-15/h8-10,14-15H,3-7,11,17H2,1-2H3. The number of rotatable bonds is 5. The lowest BCUT2D eigenvalue weighted by Crippen LogP contribution is -2.22. The Morgan fingerprint density at radius 3 is 2.72 bits per heavy atom. The molecule has 1 aromatic rings. The zero-order valence-electron chi connectivity index (χ0n) is 11.6. The molecular formula is C16H25NO. The predicted molar refractivity (Wildman–Crippen MR) is 76.0 cm³/mol. The molecule has 0 saturated heterocycles. The van der Waals surface area contributed by atoms with Crippen LogP contribution in [-0.4, -0.2) is 12.1 Å². The summed E-state index contributed by atoms with van der Waals surface area (Å²) in [5.41, 5.74) is 8.64. The summed E-state index contributed by atoms with van der Waals surface area (Å²) in [7, 11) is 0. The molecule has 1 unspecified atom stereocenters. The van der Waals surface area contributed by atoms with Crippen molar-refractivity contribution in [1.82, 2.24) is 0 Å². The molecule has 0 bridgehead atoms. The lowest BCUT2D eigenvalue weighted by molar-refractivity contribution is 0.207. The van der Waals surface area contributed by atoms with E-state index in [1.165, 1.54) is 36.8 Å². The minimum absolute atomic E-state index is 0.234. The van der Waals surface area contributed by atoms with Gasteiger partial charge >= 0.3 is 0 Å². The van der Waals surface area contributed by atoms with Crippen LogP contribution < -0.4 is 10.5 Å². The Hall–Kier alpha value is -1.02. The Bertz CT molecular complexity index is 383. The zero-order chi connectivity index (χ0) is 13.0. The van der Waals surface area contributed by atoms with E-state index in [0.717, 1.165) is 18.6 Å². The maximum absolute atomic E-state index is 6.15. The van der Waals surface area contributed by atoms with Gasteiger partial charge in [-0.3, -0.25) is 0 Å². The summed E-state index contributed by atoms with van der Waals surface area (Å²) in [5.74, 6) is 1.05. The SMILES string of the molecule is CCC(N)Cc1cc(C)ccc1OC1CCCC1. The van der Waals surface area contributed by atoms with E-state index in [9.17, 15) is 0 Å². The number of hydrogen-bond acceptors (Lipinski definition) is 2. The lowest BCUT2D eigenvalue weighted by Gasteiger charge is -2.18. The molecule has 0 aromatic heterocycles. The van der Waals surface area contributed by atoms with Crippen molar-refractivity contribution in [2.75, 3.05) is 0 Å². The summed E-state index contributed by atoms with van der Waals surface area (Å²) in [6, 6.07) is 6.70. The highest BCUT2D eigenvalue weighted by Crippen LogP contribution is 2.28. The highest BCUT2D eigenvalue weighted by atomic mass is 16.5. The van der Waals surface area contributed by atoms with Gasteiger partial charge in [-0.25, -0.2) is 0 Å². The van der Waals surface area contributed by atoms with Gasteiger partial charge in [-0.15, -0.1) is 0 Å². The van der Waals surface area contributed by atoms with E-state index in [4.69, 9.17) is 10.5 Å². The molecule has 2 N–H and O–H groups in total. The van der Waals surface area contributed by atoms with Crippen LogP contribution in [0.5, 0.6) is 5.75 Å². The van der Waals surface area contributed by atoms with Gasteiger partial charge in [0.1, 0.15) is 5.75 Å². The minimum atomic E-state index is 0.234. The fraction of sp³-hybridized carbons (Fsp3) is 0.625. The van der Waals surface area contributed by atoms with Gasteiger partial charge in [0.05, 0.1) is 6.10 Å². The Labute approximate surface area is 111 Å². The van der Waals surface area contributed by atoms with E-state index in [2.05, 4.69) is 32.0 Å². The summed E-state index contributed by atoms with van der Waals surface area (Å²) >= 11 is 0. The smallest absolute Gasteiger partial charge is 0.122 e. The molecule has 1 fully saturated rings. The third-order valence-electron chi connectivity index (χ3n) is 3.82. The average molecular weight is 247 g/mol. The highest BCUT2D eigenvalue weighted by Gasteiger charge is 2.18. The van der Waals surface area contributed by atoms with E-state index < -0.39 is 0 Å². The molecule has 1 aliphatic carbocycles. The fourth-order valence-corrected chi connectivity index (χ4v) is 2.60. The molecule has 2 heteroatoms. The van der Waals surface area contributed by atoms with E-state index >= 15 is 0 Å². The van der Waals surface area contributed by atoms with E-state index in [1.54, 1.807) is 0 Å². The number of ether oxygens (including phenoxy) is 1. The van der Waals surface area contributed by atoms with Crippen molar-refractivity contribution in [2.45, 2.75) is 64.5 Å². The molecule has 0 spiro atoms. The van der Waals surface area contributed by atoms with Crippen LogP contribution in [0, 0.1) is 6.92 Å². The van der Waals surface area contributed by atoms with E-state index in [0.29, 0.717) is 6.10 Å². The van der Waals surface area contributed by atoms with Crippen molar-refractivity contribution in [3.8, 4) is 5.75 Å². The normalized spacial score (nSPS) is 17.9. The number of aryl methyl sites for hydroxylation is 1. The molecule has 1 aromatic carbocycles. The Morgan fingerprint density at radius 1 is 1.33 bits per heavy atom. The van der Waals surface area contributed by atoms with Crippen molar-refractivity contribution in [2.24, 2.45) is 5.73 Å². The predicted octanol–water partition coefficient (Wildman–Crippen LogP) is 3.60. The second-order valence-corrected chi connectivity index (χ2v) is 5.51. The topological polar surface area (TPSA) is 35.2 Å². The van der Waals surface area contributed by atoms with Gasteiger partial charge in [0.2, 0.25) is 0 Å². The molecule has 0 radical (unpaired) electrons. The van der Waals surface area contributed by atoms with Gasteiger partial charge in [0, 0.05) is 6.04 Å². The summed E-state index contributed by atoms with van der Waals surface area (Å²) in [4.78, 5) is 0. The maximum atomic E-state index is 6.15. The first-order chi connectivity index (χ1) is 8.69. The third kappa shape index (κ3) is 3.49. The zero-order valence-corrected chi connectivity index (χ0v) is 11.6.